The Morgan fingerprint density at radius 2 is 1.79 bits per heavy atom. The smallest absolute Gasteiger partial charge is 0.420 e. The Balaban J connectivity index is 2.40. The Morgan fingerprint density at radius 1 is 1.05 bits per heavy atom. The fourth-order valence-electron chi connectivity index (χ4n) is 1.52. The molecule has 0 saturated carbocycles. The predicted molar refractivity (Wildman–Crippen MR) is 67.4 cm³/mol. The molecule has 0 fully saturated rings. The molecule has 0 aliphatic carbocycles. The molecule has 0 aliphatic heterocycles. The van der Waals surface area contributed by atoms with Crippen molar-refractivity contribution in [1.82, 2.24) is 0 Å². The molecular formula is C13H9ClF3NO. The van der Waals surface area contributed by atoms with Crippen LogP contribution in [0.1, 0.15) is 5.56 Å². The van der Waals surface area contributed by atoms with E-state index in [4.69, 9.17) is 22.1 Å². The molecule has 100 valence electrons. The van der Waals surface area contributed by atoms with Crippen molar-refractivity contribution < 1.29 is 17.9 Å². The van der Waals surface area contributed by atoms with Crippen LogP contribution >= 0.6 is 11.6 Å². The Kier molecular flexibility index (Phi) is 3.57. The first-order chi connectivity index (χ1) is 8.86. The molecular weight excluding hydrogens is 279 g/mol. The van der Waals surface area contributed by atoms with E-state index in [1.165, 1.54) is 24.3 Å². The maximum absolute atomic E-state index is 12.8. The largest absolute Gasteiger partial charge is 0.457 e. The first kappa shape index (κ1) is 13.5. The van der Waals surface area contributed by atoms with Gasteiger partial charge in [-0.1, -0.05) is 17.7 Å². The number of halogens is 4. The van der Waals surface area contributed by atoms with Gasteiger partial charge in [0.15, 0.2) is 0 Å². The summed E-state index contributed by atoms with van der Waals surface area (Å²) >= 11 is 5.74. The van der Waals surface area contributed by atoms with Crippen molar-refractivity contribution in [2.75, 3.05) is 5.73 Å². The standard InChI is InChI=1S/C13H9ClF3NO/c14-8-2-1-3-10(6-8)19-12-5-4-9(18)7-11(12)13(15,16)17/h1-7H,18H2. The van der Waals surface area contributed by atoms with Crippen LogP contribution in [0.25, 0.3) is 0 Å². The molecule has 0 bridgehead atoms. The van der Waals surface area contributed by atoms with Crippen LogP contribution in [0.4, 0.5) is 18.9 Å². The highest BCUT2D eigenvalue weighted by Crippen LogP contribution is 2.39. The summed E-state index contributed by atoms with van der Waals surface area (Å²) in [7, 11) is 0. The van der Waals surface area contributed by atoms with E-state index in [0.717, 1.165) is 6.07 Å². The van der Waals surface area contributed by atoms with Crippen molar-refractivity contribution in [3.63, 3.8) is 0 Å². The third-order valence-corrected chi connectivity index (χ3v) is 2.57. The lowest BCUT2D eigenvalue weighted by Crippen LogP contribution is -2.08. The van der Waals surface area contributed by atoms with Gasteiger partial charge in [0.2, 0.25) is 0 Å². The van der Waals surface area contributed by atoms with E-state index < -0.39 is 11.7 Å². The minimum Gasteiger partial charge on any atom is -0.457 e. The molecule has 0 atom stereocenters. The zero-order chi connectivity index (χ0) is 14.0. The number of hydrogen-bond donors (Lipinski definition) is 1. The molecule has 2 aromatic carbocycles. The van der Waals surface area contributed by atoms with E-state index in [2.05, 4.69) is 0 Å². The van der Waals surface area contributed by atoms with E-state index in [1.807, 2.05) is 0 Å². The average molecular weight is 288 g/mol. The first-order valence-corrected chi connectivity index (χ1v) is 5.64. The van der Waals surface area contributed by atoms with Crippen LogP contribution in [0.3, 0.4) is 0 Å². The Hall–Kier alpha value is -1.88. The average Bonchev–Trinajstić information content (AvgIpc) is 2.30. The summed E-state index contributed by atoms with van der Waals surface area (Å²) in [5.74, 6) is -0.0910. The van der Waals surface area contributed by atoms with E-state index in [0.29, 0.717) is 5.02 Å². The van der Waals surface area contributed by atoms with Gasteiger partial charge >= 0.3 is 6.18 Å². The van der Waals surface area contributed by atoms with Gasteiger partial charge in [0, 0.05) is 10.7 Å². The molecule has 0 unspecified atom stereocenters. The van der Waals surface area contributed by atoms with Crippen LogP contribution in [0.5, 0.6) is 11.5 Å². The highest BCUT2D eigenvalue weighted by Gasteiger charge is 2.34. The number of nitrogens with two attached hydrogens (primary N) is 1. The van der Waals surface area contributed by atoms with E-state index >= 15 is 0 Å². The van der Waals surface area contributed by atoms with Crippen molar-refractivity contribution in [2.45, 2.75) is 6.18 Å². The van der Waals surface area contributed by atoms with Crippen LogP contribution in [-0.4, -0.2) is 0 Å². The number of anilines is 1. The second-order valence-corrected chi connectivity index (χ2v) is 4.25. The maximum Gasteiger partial charge on any atom is 0.420 e. The Bertz CT molecular complexity index is 599. The molecule has 0 heterocycles. The fourth-order valence-corrected chi connectivity index (χ4v) is 1.70. The summed E-state index contributed by atoms with van der Waals surface area (Å²) in [6.45, 7) is 0. The lowest BCUT2D eigenvalue weighted by molar-refractivity contribution is -0.138. The summed E-state index contributed by atoms with van der Waals surface area (Å²) in [5.41, 5.74) is 4.46. The van der Waals surface area contributed by atoms with Gasteiger partial charge in [-0.15, -0.1) is 0 Å². The minimum atomic E-state index is -4.54. The minimum absolute atomic E-state index is 0.0192. The van der Waals surface area contributed by atoms with Crippen molar-refractivity contribution in [2.24, 2.45) is 0 Å². The molecule has 0 aromatic heterocycles. The van der Waals surface area contributed by atoms with Gasteiger partial charge in [-0.05, 0) is 36.4 Å². The van der Waals surface area contributed by atoms with Gasteiger partial charge < -0.3 is 10.5 Å². The SMILES string of the molecule is Nc1ccc(Oc2cccc(Cl)c2)c(C(F)(F)F)c1. The van der Waals surface area contributed by atoms with E-state index in [9.17, 15) is 13.2 Å². The molecule has 2 rings (SSSR count). The highest BCUT2D eigenvalue weighted by atomic mass is 35.5. The van der Waals surface area contributed by atoms with Crippen molar-refractivity contribution in [1.29, 1.82) is 0 Å². The van der Waals surface area contributed by atoms with Gasteiger partial charge in [0.1, 0.15) is 17.1 Å². The zero-order valence-corrected chi connectivity index (χ0v) is 10.3. The van der Waals surface area contributed by atoms with Crippen LogP contribution in [0.15, 0.2) is 42.5 Å². The second kappa shape index (κ2) is 5.01. The van der Waals surface area contributed by atoms with Gasteiger partial charge in [-0.2, -0.15) is 13.2 Å². The topological polar surface area (TPSA) is 35.2 Å². The second-order valence-electron chi connectivity index (χ2n) is 3.81. The molecule has 0 saturated heterocycles. The van der Waals surface area contributed by atoms with Gasteiger partial charge in [0.05, 0.1) is 0 Å². The highest BCUT2D eigenvalue weighted by molar-refractivity contribution is 6.30. The quantitative estimate of drug-likeness (QED) is 0.810. The molecule has 0 spiro atoms. The van der Waals surface area contributed by atoms with Gasteiger partial charge in [0.25, 0.3) is 0 Å². The normalized spacial score (nSPS) is 11.4. The molecule has 19 heavy (non-hydrogen) atoms. The van der Waals surface area contributed by atoms with Crippen LogP contribution in [0.2, 0.25) is 5.02 Å². The molecule has 0 radical (unpaired) electrons. The Labute approximate surface area is 112 Å². The summed E-state index contributed by atoms with van der Waals surface area (Å²) in [6, 6.07) is 9.48. The summed E-state index contributed by atoms with van der Waals surface area (Å²) in [6.07, 6.45) is -4.54. The number of rotatable bonds is 2. The van der Waals surface area contributed by atoms with Crippen molar-refractivity contribution in [3.05, 3.63) is 53.1 Å². The van der Waals surface area contributed by atoms with Crippen LogP contribution in [0, 0.1) is 0 Å². The maximum atomic E-state index is 12.8. The molecule has 2 N–H and O–H groups in total. The lowest BCUT2D eigenvalue weighted by Gasteiger charge is -2.14. The Morgan fingerprint density at radius 3 is 2.42 bits per heavy atom. The fraction of sp³-hybridized carbons (Fsp3) is 0.0769. The first-order valence-electron chi connectivity index (χ1n) is 5.26. The summed E-state index contributed by atoms with van der Waals surface area (Å²) < 4.78 is 43.8. The summed E-state index contributed by atoms with van der Waals surface area (Å²) in [4.78, 5) is 0. The molecule has 2 aromatic rings. The van der Waals surface area contributed by atoms with Gasteiger partial charge in [-0.3, -0.25) is 0 Å². The number of nitrogen functional groups attached to an aromatic ring is 1. The predicted octanol–water partition coefficient (Wildman–Crippen LogP) is 4.73. The number of hydrogen-bond acceptors (Lipinski definition) is 2. The zero-order valence-electron chi connectivity index (χ0n) is 9.54. The third-order valence-electron chi connectivity index (χ3n) is 2.33. The molecule has 2 nitrogen and oxygen atoms in total. The van der Waals surface area contributed by atoms with Crippen molar-refractivity contribution >= 4 is 17.3 Å². The molecule has 0 amide bonds. The lowest BCUT2D eigenvalue weighted by atomic mass is 10.1. The van der Waals surface area contributed by atoms with Crippen LogP contribution < -0.4 is 10.5 Å². The molecule has 0 aliphatic rings. The van der Waals surface area contributed by atoms with Crippen molar-refractivity contribution in [3.8, 4) is 11.5 Å². The van der Waals surface area contributed by atoms with Gasteiger partial charge in [-0.25, -0.2) is 0 Å². The van der Waals surface area contributed by atoms with Crippen LogP contribution in [-0.2, 0) is 6.18 Å². The molecule has 6 heteroatoms. The third kappa shape index (κ3) is 3.32. The number of ether oxygens (including phenoxy) is 1. The monoisotopic (exact) mass is 287 g/mol. The summed E-state index contributed by atoms with van der Waals surface area (Å²) in [5, 5.41) is 0.376. The van der Waals surface area contributed by atoms with E-state index in [-0.39, 0.29) is 17.2 Å². The number of alkyl halides is 3. The van der Waals surface area contributed by atoms with E-state index in [1.54, 1.807) is 12.1 Å². The number of benzene rings is 2.